The van der Waals surface area contributed by atoms with E-state index in [1.165, 1.54) is 57.8 Å². The van der Waals surface area contributed by atoms with E-state index in [0.717, 1.165) is 50.4 Å². The van der Waals surface area contributed by atoms with E-state index in [1.54, 1.807) is 7.11 Å². The standard InChI is InChI=1S/C40H66N2O5Si/c1-29(2)48(30(3)4,31(5)6)47-28-39-21-14-12-10-8-9-11-13-15-22-41-23-20-35-33(24-39)25-42-38(43)46-27-36(40(35,42)37(39)41)45-26-32-16-18-34(44-7)19-17-32/h16-19,29-31,33,35-37H,8-15,20-28H2,1-7H3/t33-,35-,36+,37-,39+,40+/m0/s1. The van der Waals surface area contributed by atoms with Gasteiger partial charge >= 0.3 is 6.09 Å². The largest absolute Gasteiger partial charge is 0.497 e. The topological polar surface area (TPSA) is 60.5 Å². The molecule has 4 saturated heterocycles. The van der Waals surface area contributed by atoms with Gasteiger partial charge in [0.2, 0.25) is 0 Å². The van der Waals surface area contributed by atoms with Crippen LogP contribution in [0.4, 0.5) is 4.79 Å². The molecule has 1 aliphatic carbocycles. The molecule has 5 aliphatic rings. The van der Waals surface area contributed by atoms with E-state index in [1.807, 2.05) is 12.1 Å². The first-order valence-electron chi connectivity index (χ1n) is 19.7. The third-order valence-electron chi connectivity index (χ3n) is 13.7. The summed E-state index contributed by atoms with van der Waals surface area (Å²) in [6, 6.07) is 8.42. The number of hydrogen-bond donors (Lipinski definition) is 0. The molecule has 7 nitrogen and oxygen atoms in total. The zero-order valence-corrected chi connectivity index (χ0v) is 32.3. The SMILES string of the molecule is COc1ccc(CO[C@@H]2COC(=O)N3C[C@@H]4C[C@@]5(CO[Si](C(C)C)(C(C)C)C(C)C)CCCCCCCCCCN6CC[C@@H]4[C@]23[C@@H]65)cc1. The van der Waals surface area contributed by atoms with Gasteiger partial charge in [0.25, 0.3) is 0 Å². The molecule has 4 bridgehead atoms. The van der Waals surface area contributed by atoms with Crippen molar-refractivity contribution >= 4 is 14.4 Å². The van der Waals surface area contributed by atoms with E-state index in [0.29, 0.717) is 41.7 Å². The Labute approximate surface area is 292 Å². The monoisotopic (exact) mass is 682 g/mol. The smallest absolute Gasteiger partial charge is 0.410 e. The van der Waals surface area contributed by atoms with Gasteiger partial charge in [-0.05, 0) is 84.9 Å². The van der Waals surface area contributed by atoms with Crippen molar-refractivity contribution in [2.75, 3.05) is 40.0 Å². The Bertz CT molecular complexity index is 1200. The fraction of sp³-hybridized carbons (Fsp3) is 0.825. The maximum Gasteiger partial charge on any atom is 0.410 e. The molecule has 8 heteroatoms. The number of carbonyl (C=O) groups excluding carboxylic acids is 1. The van der Waals surface area contributed by atoms with Crippen molar-refractivity contribution in [2.24, 2.45) is 17.3 Å². The highest BCUT2D eigenvalue weighted by atomic mass is 28.4. The van der Waals surface area contributed by atoms with Gasteiger partial charge in [0.05, 0.1) is 19.3 Å². The van der Waals surface area contributed by atoms with Crippen LogP contribution in [0.25, 0.3) is 0 Å². The Hall–Kier alpha value is -1.61. The van der Waals surface area contributed by atoms with Crippen LogP contribution in [0.2, 0.25) is 16.6 Å². The first-order valence-corrected chi connectivity index (χ1v) is 21.8. The maximum atomic E-state index is 14.0. The van der Waals surface area contributed by atoms with Gasteiger partial charge in [-0.1, -0.05) is 98.6 Å². The van der Waals surface area contributed by atoms with Gasteiger partial charge in [-0.25, -0.2) is 4.79 Å². The predicted octanol–water partition coefficient (Wildman–Crippen LogP) is 9.20. The number of hydrogen-bond acceptors (Lipinski definition) is 6. The second-order valence-corrected chi connectivity index (χ2v) is 22.5. The van der Waals surface area contributed by atoms with Crippen LogP contribution < -0.4 is 4.74 Å². The third kappa shape index (κ3) is 6.28. The van der Waals surface area contributed by atoms with E-state index in [9.17, 15) is 4.79 Å². The fourth-order valence-corrected chi connectivity index (χ4v) is 17.5. The number of piperidine rings is 1. The number of cyclic esters (lactones) is 1. The number of methoxy groups -OCH3 is 1. The third-order valence-corrected chi connectivity index (χ3v) is 19.8. The summed E-state index contributed by atoms with van der Waals surface area (Å²) in [5.74, 6) is 1.73. The van der Waals surface area contributed by atoms with Gasteiger partial charge in [0, 0.05) is 24.6 Å². The molecule has 1 amide bonds. The quantitative estimate of drug-likeness (QED) is 0.230. The summed E-state index contributed by atoms with van der Waals surface area (Å²) in [7, 11) is -0.420. The summed E-state index contributed by atoms with van der Waals surface area (Å²) in [6.45, 7) is 19.2. The van der Waals surface area contributed by atoms with Crippen LogP contribution in [0.15, 0.2) is 24.3 Å². The number of rotatable bonds is 10. The minimum absolute atomic E-state index is 0.0271. The second-order valence-electron chi connectivity index (χ2n) is 17.1. The first kappa shape index (κ1) is 36.2. The average Bonchev–Trinajstić information content (AvgIpc) is 3.32. The molecule has 6 atom stereocenters. The summed E-state index contributed by atoms with van der Waals surface area (Å²) in [6.07, 6.45) is 13.6. The molecule has 1 aromatic rings. The van der Waals surface area contributed by atoms with Crippen LogP contribution in [-0.4, -0.2) is 81.9 Å². The molecule has 0 radical (unpaired) electrons. The van der Waals surface area contributed by atoms with E-state index in [-0.39, 0.29) is 23.7 Å². The number of ether oxygens (including phenoxy) is 3. The van der Waals surface area contributed by atoms with Gasteiger partial charge in [0.1, 0.15) is 18.5 Å². The molecule has 0 N–H and O–H groups in total. The lowest BCUT2D eigenvalue weighted by molar-refractivity contribution is -0.216. The molecule has 1 aromatic carbocycles. The maximum absolute atomic E-state index is 14.0. The van der Waals surface area contributed by atoms with Gasteiger partial charge < -0.3 is 18.6 Å². The Kier molecular flexibility index (Phi) is 11.3. The summed E-state index contributed by atoms with van der Waals surface area (Å²) in [5, 5.41) is 0. The minimum atomic E-state index is -2.12. The average molecular weight is 683 g/mol. The number of benzene rings is 1. The Morgan fingerprint density at radius 2 is 1.54 bits per heavy atom. The molecule has 4 heterocycles. The Morgan fingerprint density at radius 1 is 0.896 bits per heavy atom. The highest BCUT2D eigenvalue weighted by Gasteiger charge is 2.75. The van der Waals surface area contributed by atoms with Crippen molar-refractivity contribution in [2.45, 2.75) is 153 Å². The second kappa shape index (κ2) is 14.9. The molecule has 5 fully saturated rings. The fourth-order valence-electron chi connectivity index (χ4n) is 12.0. The zero-order chi connectivity index (χ0) is 34.1. The molecule has 48 heavy (non-hydrogen) atoms. The molecular formula is C40H66N2O5Si. The van der Waals surface area contributed by atoms with Crippen molar-refractivity contribution in [1.82, 2.24) is 9.80 Å². The molecule has 6 rings (SSSR count). The molecule has 0 unspecified atom stereocenters. The molecule has 0 aromatic heterocycles. The first-order chi connectivity index (χ1) is 23.1. The van der Waals surface area contributed by atoms with Crippen LogP contribution in [0.3, 0.4) is 0 Å². The Morgan fingerprint density at radius 3 is 2.19 bits per heavy atom. The predicted molar refractivity (Wildman–Crippen MR) is 195 cm³/mol. The number of amides is 1. The van der Waals surface area contributed by atoms with Crippen LogP contribution >= 0.6 is 0 Å². The van der Waals surface area contributed by atoms with Gasteiger partial charge in [-0.3, -0.25) is 9.80 Å². The van der Waals surface area contributed by atoms with E-state index in [4.69, 9.17) is 18.6 Å². The van der Waals surface area contributed by atoms with Crippen molar-refractivity contribution in [1.29, 1.82) is 0 Å². The molecular weight excluding hydrogens is 617 g/mol. The van der Waals surface area contributed by atoms with Crippen LogP contribution in [-0.2, 0) is 20.5 Å². The summed E-state index contributed by atoms with van der Waals surface area (Å²) < 4.78 is 26.2. The Balaban J connectivity index is 1.44. The molecule has 4 aliphatic heterocycles. The zero-order valence-electron chi connectivity index (χ0n) is 31.3. The van der Waals surface area contributed by atoms with Crippen LogP contribution in [0.5, 0.6) is 5.75 Å². The number of carbonyl (C=O) groups is 1. The lowest BCUT2D eigenvalue weighted by Gasteiger charge is -2.67. The van der Waals surface area contributed by atoms with Crippen molar-refractivity contribution < 1.29 is 23.4 Å². The van der Waals surface area contributed by atoms with Crippen molar-refractivity contribution in [3.05, 3.63) is 29.8 Å². The van der Waals surface area contributed by atoms with Gasteiger partial charge in [-0.15, -0.1) is 0 Å². The van der Waals surface area contributed by atoms with E-state index in [2.05, 4.69) is 63.5 Å². The van der Waals surface area contributed by atoms with E-state index < -0.39 is 13.9 Å². The van der Waals surface area contributed by atoms with E-state index >= 15 is 0 Å². The number of nitrogens with zero attached hydrogens (tertiary/aromatic N) is 2. The molecule has 1 saturated carbocycles. The summed E-state index contributed by atoms with van der Waals surface area (Å²) >= 11 is 0. The molecule has 1 spiro atoms. The van der Waals surface area contributed by atoms with Crippen molar-refractivity contribution in [3.63, 3.8) is 0 Å². The lowest BCUT2D eigenvalue weighted by atomic mass is 9.50. The van der Waals surface area contributed by atoms with Gasteiger partial charge in [0.15, 0.2) is 8.32 Å². The normalized spacial score (nSPS) is 33.2. The highest BCUT2D eigenvalue weighted by Crippen LogP contribution is 2.64. The molecule has 270 valence electrons. The highest BCUT2D eigenvalue weighted by molar-refractivity contribution is 6.77. The summed E-state index contributed by atoms with van der Waals surface area (Å²) in [4.78, 5) is 19.0. The lowest BCUT2D eigenvalue weighted by Crippen LogP contribution is -2.80. The van der Waals surface area contributed by atoms with Crippen LogP contribution in [0, 0.1) is 17.3 Å². The van der Waals surface area contributed by atoms with Gasteiger partial charge in [-0.2, -0.15) is 0 Å². The minimum Gasteiger partial charge on any atom is -0.497 e. The summed E-state index contributed by atoms with van der Waals surface area (Å²) in [5.41, 5.74) is 2.32. The van der Waals surface area contributed by atoms with Crippen LogP contribution in [0.1, 0.15) is 118 Å². The van der Waals surface area contributed by atoms with Crippen molar-refractivity contribution in [3.8, 4) is 5.75 Å².